The summed E-state index contributed by atoms with van der Waals surface area (Å²) in [6.07, 6.45) is 5.06. The normalized spacial score (nSPS) is 22.8. The van der Waals surface area contributed by atoms with Gasteiger partial charge in [0.05, 0.1) is 36.4 Å². The second kappa shape index (κ2) is 10.1. The van der Waals surface area contributed by atoms with Crippen LogP contribution in [0, 0.1) is 11.3 Å². The maximum absolute atomic E-state index is 9.30. The Balaban J connectivity index is 1.07. The summed E-state index contributed by atoms with van der Waals surface area (Å²) in [6, 6.07) is 17.8. The van der Waals surface area contributed by atoms with Crippen molar-refractivity contribution < 1.29 is 14.2 Å². The van der Waals surface area contributed by atoms with Gasteiger partial charge in [-0.15, -0.1) is 0 Å². The largest absolute Gasteiger partial charge is 0.445 e. The van der Waals surface area contributed by atoms with Gasteiger partial charge in [-0.25, -0.2) is 9.97 Å². The third kappa shape index (κ3) is 4.58. The Bertz CT molecular complexity index is 1600. The van der Waals surface area contributed by atoms with E-state index < -0.39 is 5.79 Å². The van der Waals surface area contributed by atoms with Crippen LogP contribution in [0.5, 0.6) is 11.5 Å². The number of hydrogen-bond acceptors (Lipinski definition) is 7. The van der Waals surface area contributed by atoms with Crippen molar-refractivity contribution in [3.8, 4) is 17.6 Å². The van der Waals surface area contributed by atoms with Crippen molar-refractivity contribution in [1.82, 2.24) is 19.4 Å². The lowest BCUT2D eigenvalue weighted by Gasteiger charge is -2.33. The van der Waals surface area contributed by atoms with Crippen molar-refractivity contribution in [2.45, 2.75) is 57.1 Å². The molecule has 3 aliphatic heterocycles. The number of fused-ring (bicyclic) bond motifs is 2. The van der Waals surface area contributed by atoms with Gasteiger partial charge in [-0.05, 0) is 68.6 Å². The van der Waals surface area contributed by atoms with Gasteiger partial charge in [0.15, 0.2) is 11.5 Å². The monoisotopic (exact) mass is 555 g/mol. The number of likely N-dealkylation sites (tertiary alicyclic amines) is 1. The summed E-state index contributed by atoms with van der Waals surface area (Å²) in [5.74, 6) is 2.13. The zero-order chi connectivity index (χ0) is 27.3. The molecule has 0 spiro atoms. The first-order valence-corrected chi connectivity index (χ1v) is 14.2. The molecule has 3 aliphatic rings. The van der Waals surface area contributed by atoms with E-state index in [1.165, 1.54) is 5.56 Å². The van der Waals surface area contributed by atoms with Gasteiger partial charge < -0.3 is 18.8 Å². The van der Waals surface area contributed by atoms with Crippen LogP contribution in [0.15, 0.2) is 54.7 Å². The number of aromatic nitrogens is 3. The third-order valence-corrected chi connectivity index (χ3v) is 8.63. The molecule has 0 saturated carbocycles. The van der Waals surface area contributed by atoms with Crippen molar-refractivity contribution in [3.63, 3.8) is 0 Å². The van der Waals surface area contributed by atoms with Gasteiger partial charge in [0.2, 0.25) is 0 Å². The number of para-hydroxylation sites is 1. The van der Waals surface area contributed by atoms with E-state index in [2.05, 4.69) is 32.7 Å². The molecule has 0 aliphatic carbocycles. The van der Waals surface area contributed by atoms with E-state index >= 15 is 0 Å². The molecule has 0 N–H and O–H groups in total. The average molecular weight is 556 g/mol. The van der Waals surface area contributed by atoms with Crippen molar-refractivity contribution in [2.24, 2.45) is 0 Å². The zero-order valence-corrected chi connectivity index (χ0v) is 23.1. The van der Waals surface area contributed by atoms with Crippen LogP contribution in [0.4, 0.5) is 0 Å². The van der Waals surface area contributed by atoms with Crippen LogP contribution in [0.2, 0.25) is 5.02 Å². The highest BCUT2D eigenvalue weighted by Gasteiger charge is 2.41. The highest BCUT2D eigenvalue weighted by Crippen LogP contribution is 2.49. The molecule has 4 aromatic rings. The smallest absolute Gasteiger partial charge is 0.275 e. The zero-order valence-electron chi connectivity index (χ0n) is 22.3. The molecule has 5 heterocycles. The number of pyridine rings is 1. The lowest BCUT2D eigenvalue weighted by Crippen LogP contribution is -2.35. The molecule has 2 fully saturated rings. The molecule has 8 nitrogen and oxygen atoms in total. The molecule has 7 rings (SSSR count). The minimum absolute atomic E-state index is 0.207. The summed E-state index contributed by atoms with van der Waals surface area (Å²) < 4.78 is 20.8. The molecule has 0 amide bonds. The van der Waals surface area contributed by atoms with E-state index in [4.69, 9.17) is 30.8 Å². The number of hydrogen-bond donors (Lipinski definition) is 0. The SMILES string of the molecule is CC1(c2ccc(Cl)cc2)Oc2cccc(C3CCN(Cc4nc5cc(C#N)ncc5n4CC4CCO4)CC3)c2O1. The molecule has 0 bridgehead atoms. The molecule has 2 aromatic heterocycles. The van der Waals surface area contributed by atoms with E-state index in [1.807, 2.05) is 37.3 Å². The van der Waals surface area contributed by atoms with Crippen LogP contribution in [-0.4, -0.2) is 45.2 Å². The van der Waals surface area contributed by atoms with Gasteiger partial charge >= 0.3 is 0 Å². The number of halogens is 1. The summed E-state index contributed by atoms with van der Waals surface area (Å²) in [7, 11) is 0. The Kier molecular flexibility index (Phi) is 6.38. The van der Waals surface area contributed by atoms with Crippen LogP contribution < -0.4 is 9.47 Å². The van der Waals surface area contributed by atoms with Crippen LogP contribution >= 0.6 is 11.6 Å². The Labute approximate surface area is 238 Å². The molecule has 2 unspecified atom stereocenters. The van der Waals surface area contributed by atoms with E-state index in [0.717, 1.165) is 86.0 Å². The van der Waals surface area contributed by atoms with Crippen LogP contribution in [0.25, 0.3) is 11.0 Å². The maximum atomic E-state index is 9.30. The van der Waals surface area contributed by atoms with Gasteiger partial charge in [0, 0.05) is 35.7 Å². The molecule has 9 heteroatoms. The quantitative estimate of drug-likeness (QED) is 0.298. The number of nitrogens with zero attached hydrogens (tertiary/aromatic N) is 5. The fraction of sp³-hybridized carbons (Fsp3) is 0.387. The van der Waals surface area contributed by atoms with Gasteiger partial charge in [-0.2, -0.15) is 5.26 Å². The molecular weight excluding hydrogens is 526 g/mol. The Morgan fingerprint density at radius 2 is 1.90 bits per heavy atom. The lowest BCUT2D eigenvalue weighted by molar-refractivity contribution is -0.0685. The van der Waals surface area contributed by atoms with Gasteiger partial charge in [-0.3, -0.25) is 4.90 Å². The molecule has 40 heavy (non-hydrogen) atoms. The number of rotatable bonds is 6. The summed E-state index contributed by atoms with van der Waals surface area (Å²) in [6.45, 7) is 6.18. The van der Waals surface area contributed by atoms with Gasteiger partial charge in [0.25, 0.3) is 5.79 Å². The minimum atomic E-state index is -0.882. The van der Waals surface area contributed by atoms with Crippen molar-refractivity contribution in [1.29, 1.82) is 5.26 Å². The summed E-state index contributed by atoms with van der Waals surface area (Å²) in [5.41, 5.74) is 4.30. The third-order valence-electron chi connectivity index (χ3n) is 8.38. The van der Waals surface area contributed by atoms with Crippen molar-refractivity contribution >= 4 is 22.6 Å². The minimum Gasteiger partial charge on any atom is -0.445 e. The number of ether oxygens (including phenoxy) is 3. The predicted molar refractivity (Wildman–Crippen MR) is 150 cm³/mol. The highest BCUT2D eigenvalue weighted by atomic mass is 35.5. The van der Waals surface area contributed by atoms with Crippen molar-refractivity contribution in [2.75, 3.05) is 19.7 Å². The highest BCUT2D eigenvalue weighted by molar-refractivity contribution is 6.30. The fourth-order valence-electron chi connectivity index (χ4n) is 6.03. The summed E-state index contributed by atoms with van der Waals surface area (Å²) in [5, 5.41) is 9.99. The van der Waals surface area contributed by atoms with Gasteiger partial charge in [0.1, 0.15) is 17.6 Å². The maximum Gasteiger partial charge on any atom is 0.275 e. The van der Waals surface area contributed by atoms with Crippen LogP contribution in [-0.2, 0) is 23.6 Å². The lowest BCUT2D eigenvalue weighted by atomic mass is 9.88. The Morgan fingerprint density at radius 1 is 1.10 bits per heavy atom. The topological polar surface area (TPSA) is 85.4 Å². The first-order chi connectivity index (χ1) is 19.5. The standard InChI is InChI=1S/C31H30ClN5O3/c1-31(21-5-7-22(32)8-6-21)39-28-4-2-3-25(30(28)40-31)20-9-12-36(13-10-20)19-29-35-26-15-23(16-33)34-17-27(26)37(29)18-24-11-14-38-24/h2-8,15,17,20,24H,9-14,18-19H2,1H3. The van der Waals surface area contributed by atoms with Crippen LogP contribution in [0.3, 0.4) is 0 Å². The van der Waals surface area contributed by atoms with E-state index in [1.54, 1.807) is 12.3 Å². The second-order valence-corrected chi connectivity index (χ2v) is 11.4. The first kappa shape index (κ1) is 25.3. The van der Waals surface area contributed by atoms with E-state index in [9.17, 15) is 5.26 Å². The molecular formula is C31H30ClN5O3. The number of benzene rings is 2. The molecule has 204 valence electrons. The first-order valence-electron chi connectivity index (χ1n) is 13.9. The Morgan fingerprint density at radius 3 is 2.62 bits per heavy atom. The van der Waals surface area contributed by atoms with E-state index in [-0.39, 0.29) is 6.10 Å². The second-order valence-electron chi connectivity index (χ2n) is 11.0. The number of piperidine rings is 1. The Hall–Kier alpha value is -3.64. The molecule has 2 saturated heterocycles. The predicted octanol–water partition coefficient (Wildman–Crippen LogP) is 5.77. The van der Waals surface area contributed by atoms with Gasteiger partial charge in [-0.1, -0.05) is 23.7 Å². The number of nitriles is 1. The van der Waals surface area contributed by atoms with E-state index in [0.29, 0.717) is 16.6 Å². The average Bonchev–Trinajstić information content (AvgIpc) is 3.47. The fourth-order valence-corrected chi connectivity index (χ4v) is 6.16. The molecule has 0 radical (unpaired) electrons. The summed E-state index contributed by atoms with van der Waals surface area (Å²) >= 11 is 6.10. The van der Waals surface area contributed by atoms with Crippen LogP contribution in [0.1, 0.15) is 54.7 Å². The molecule has 2 atom stereocenters. The molecule has 2 aromatic carbocycles. The number of imidazole rings is 1. The summed E-state index contributed by atoms with van der Waals surface area (Å²) in [4.78, 5) is 11.7. The van der Waals surface area contributed by atoms with Crippen molar-refractivity contribution in [3.05, 3.63) is 82.4 Å².